The molecular formula is C18H21NO2. The van der Waals surface area contributed by atoms with E-state index in [0.717, 1.165) is 17.5 Å². The summed E-state index contributed by atoms with van der Waals surface area (Å²) in [4.78, 5) is 11.4. The van der Waals surface area contributed by atoms with Crippen molar-refractivity contribution in [3.05, 3.63) is 71.8 Å². The highest BCUT2D eigenvalue weighted by Gasteiger charge is 2.39. The number of hydrogen-bond acceptors (Lipinski definition) is 2. The van der Waals surface area contributed by atoms with E-state index in [1.165, 1.54) is 0 Å². The first-order valence-electron chi connectivity index (χ1n) is 7.17. The van der Waals surface area contributed by atoms with Crippen molar-refractivity contribution in [3.63, 3.8) is 0 Å². The first-order chi connectivity index (χ1) is 10.1. The minimum absolute atomic E-state index is 0.0357. The van der Waals surface area contributed by atoms with Crippen molar-refractivity contribution in [2.24, 2.45) is 5.73 Å². The van der Waals surface area contributed by atoms with E-state index in [2.05, 4.69) is 19.1 Å². The van der Waals surface area contributed by atoms with Gasteiger partial charge in [0.2, 0.25) is 0 Å². The molecule has 0 aliphatic heterocycles. The minimum atomic E-state index is -0.788. The lowest BCUT2D eigenvalue weighted by molar-refractivity contribution is 0.00376. The molecule has 0 spiro atoms. The molecule has 2 rings (SSSR count). The Kier molecular flexibility index (Phi) is 4.63. The quantitative estimate of drug-likeness (QED) is 0.894. The van der Waals surface area contributed by atoms with Gasteiger partial charge in [0.05, 0.1) is 0 Å². The van der Waals surface area contributed by atoms with Gasteiger partial charge >= 0.3 is 6.09 Å². The predicted molar refractivity (Wildman–Crippen MR) is 83.9 cm³/mol. The van der Waals surface area contributed by atoms with Crippen LogP contribution in [0.1, 0.15) is 37.3 Å². The molecule has 2 atom stereocenters. The molecule has 1 amide bonds. The maximum Gasteiger partial charge on any atom is 0.405 e. The highest BCUT2D eigenvalue weighted by atomic mass is 16.6. The average Bonchev–Trinajstić information content (AvgIpc) is 2.49. The molecule has 3 nitrogen and oxygen atoms in total. The third-order valence-corrected chi connectivity index (χ3v) is 3.93. The van der Waals surface area contributed by atoms with Gasteiger partial charge in [0.25, 0.3) is 0 Å². The van der Waals surface area contributed by atoms with Crippen molar-refractivity contribution in [3.8, 4) is 0 Å². The maximum absolute atomic E-state index is 11.4. The Bertz CT molecular complexity index is 583. The van der Waals surface area contributed by atoms with E-state index in [0.29, 0.717) is 0 Å². The van der Waals surface area contributed by atoms with E-state index in [1.54, 1.807) is 0 Å². The number of nitrogens with two attached hydrogens (primary N) is 1. The Hall–Kier alpha value is -2.29. The fourth-order valence-electron chi connectivity index (χ4n) is 2.94. The molecule has 0 aliphatic rings. The summed E-state index contributed by atoms with van der Waals surface area (Å²) in [7, 11) is 0. The lowest BCUT2D eigenvalue weighted by atomic mass is 9.77. The van der Waals surface area contributed by atoms with E-state index >= 15 is 0 Å². The molecule has 0 aliphatic carbocycles. The first-order valence-corrected chi connectivity index (χ1v) is 7.17. The Balaban J connectivity index is 2.50. The van der Waals surface area contributed by atoms with Gasteiger partial charge in [-0.25, -0.2) is 4.79 Å². The van der Waals surface area contributed by atoms with Crippen LogP contribution in [0.15, 0.2) is 60.7 Å². The van der Waals surface area contributed by atoms with Crippen LogP contribution in [0.4, 0.5) is 4.79 Å². The number of carbonyl (C=O) groups excluding carboxylic acids is 1. The van der Waals surface area contributed by atoms with Crippen LogP contribution in [0.25, 0.3) is 0 Å². The van der Waals surface area contributed by atoms with Crippen LogP contribution >= 0.6 is 0 Å². The number of primary amides is 1. The highest BCUT2D eigenvalue weighted by Crippen LogP contribution is 2.42. The van der Waals surface area contributed by atoms with Gasteiger partial charge in [0.15, 0.2) is 0 Å². The Morgan fingerprint density at radius 3 is 2.10 bits per heavy atom. The van der Waals surface area contributed by atoms with Gasteiger partial charge < -0.3 is 10.5 Å². The third kappa shape index (κ3) is 3.24. The van der Waals surface area contributed by atoms with E-state index < -0.39 is 11.7 Å². The largest absolute Gasteiger partial charge is 0.438 e. The molecular weight excluding hydrogens is 262 g/mol. The van der Waals surface area contributed by atoms with E-state index in [1.807, 2.05) is 55.5 Å². The Labute approximate surface area is 125 Å². The van der Waals surface area contributed by atoms with E-state index in [4.69, 9.17) is 10.5 Å². The number of amides is 1. The van der Waals surface area contributed by atoms with Crippen LogP contribution in [0.3, 0.4) is 0 Å². The molecule has 110 valence electrons. The molecule has 2 N–H and O–H groups in total. The summed E-state index contributed by atoms with van der Waals surface area (Å²) in [5, 5.41) is 0. The zero-order chi connectivity index (χ0) is 15.3. The molecule has 0 saturated carbocycles. The van der Waals surface area contributed by atoms with Crippen LogP contribution in [0, 0.1) is 0 Å². The maximum atomic E-state index is 11.4. The van der Waals surface area contributed by atoms with Gasteiger partial charge in [0.1, 0.15) is 5.60 Å². The minimum Gasteiger partial charge on any atom is -0.438 e. The summed E-state index contributed by atoms with van der Waals surface area (Å²) in [6.45, 7) is 4.01. The summed E-state index contributed by atoms with van der Waals surface area (Å²) in [6, 6.07) is 19.8. The second kappa shape index (κ2) is 6.44. The summed E-state index contributed by atoms with van der Waals surface area (Å²) in [5.41, 5.74) is 6.61. The molecule has 0 saturated heterocycles. The molecule has 0 aromatic heterocycles. The van der Waals surface area contributed by atoms with Crippen molar-refractivity contribution < 1.29 is 9.53 Å². The number of benzene rings is 2. The fraction of sp³-hybridized carbons (Fsp3) is 0.278. The smallest absolute Gasteiger partial charge is 0.405 e. The van der Waals surface area contributed by atoms with Gasteiger partial charge in [-0.05, 0) is 24.5 Å². The molecule has 0 bridgehead atoms. The normalized spacial score (nSPS) is 15.0. The second-order valence-corrected chi connectivity index (χ2v) is 5.27. The van der Waals surface area contributed by atoms with Crippen LogP contribution in [-0.2, 0) is 10.3 Å². The molecule has 0 radical (unpaired) electrons. The number of ether oxygens (including phenoxy) is 1. The van der Waals surface area contributed by atoms with Gasteiger partial charge in [-0.2, -0.15) is 0 Å². The first kappa shape index (κ1) is 15.1. The topological polar surface area (TPSA) is 52.3 Å². The van der Waals surface area contributed by atoms with Crippen LogP contribution in [0.2, 0.25) is 0 Å². The lowest BCUT2D eigenvalue weighted by Gasteiger charge is -2.37. The number of rotatable bonds is 5. The summed E-state index contributed by atoms with van der Waals surface area (Å²) in [6.07, 6.45) is 0.0820. The van der Waals surface area contributed by atoms with Crippen molar-refractivity contribution in [2.45, 2.75) is 31.8 Å². The Morgan fingerprint density at radius 2 is 1.62 bits per heavy atom. The molecule has 0 fully saturated rings. The Morgan fingerprint density at radius 1 is 1.10 bits per heavy atom. The molecule has 2 aromatic rings. The van der Waals surface area contributed by atoms with Gasteiger partial charge in [-0.3, -0.25) is 0 Å². The second-order valence-electron chi connectivity index (χ2n) is 5.27. The zero-order valence-corrected chi connectivity index (χ0v) is 12.5. The van der Waals surface area contributed by atoms with Crippen LogP contribution < -0.4 is 5.73 Å². The van der Waals surface area contributed by atoms with Crippen molar-refractivity contribution in [1.29, 1.82) is 0 Å². The number of hydrogen-bond donors (Lipinski definition) is 1. The standard InChI is InChI=1S/C18H21NO2/c1-3-16(14-10-6-4-7-11-14)18(2,21-17(19)20)15-12-8-5-9-13-15/h4-13,16H,3H2,1-2H3,(H2,19,20). The SMILES string of the molecule is CCC(c1ccccc1)C(C)(OC(N)=O)c1ccccc1. The summed E-state index contributed by atoms with van der Waals surface area (Å²) < 4.78 is 5.57. The lowest BCUT2D eigenvalue weighted by Crippen LogP contribution is -2.37. The molecule has 2 aromatic carbocycles. The number of carbonyl (C=O) groups is 1. The van der Waals surface area contributed by atoms with Crippen LogP contribution in [0.5, 0.6) is 0 Å². The van der Waals surface area contributed by atoms with Gasteiger partial charge in [-0.15, -0.1) is 0 Å². The summed E-state index contributed by atoms with van der Waals surface area (Å²) in [5.74, 6) is 0.0357. The van der Waals surface area contributed by atoms with Gasteiger partial charge in [-0.1, -0.05) is 67.6 Å². The summed E-state index contributed by atoms with van der Waals surface area (Å²) >= 11 is 0. The third-order valence-electron chi connectivity index (χ3n) is 3.93. The van der Waals surface area contributed by atoms with E-state index in [-0.39, 0.29) is 5.92 Å². The average molecular weight is 283 g/mol. The van der Waals surface area contributed by atoms with Crippen LogP contribution in [-0.4, -0.2) is 6.09 Å². The molecule has 2 unspecified atom stereocenters. The van der Waals surface area contributed by atoms with E-state index in [9.17, 15) is 4.79 Å². The highest BCUT2D eigenvalue weighted by molar-refractivity contribution is 5.65. The van der Waals surface area contributed by atoms with Gasteiger partial charge in [0, 0.05) is 5.92 Å². The van der Waals surface area contributed by atoms with Crippen molar-refractivity contribution in [1.82, 2.24) is 0 Å². The fourth-order valence-corrected chi connectivity index (χ4v) is 2.94. The van der Waals surface area contributed by atoms with Crippen molar-refractivity contribution >= 4 is 6.09 Å². The molecule has 21 heavy (non-hydrogen) atoms. The predicted octanol–water partition coefficient (Wildman–Crippen LogP) is 4.19. The molecule has 0 heterocycles. The molecule has 3 heteroatoms. The zero-order valence-electron chi connectivity index (χ0n) is 12.5. The monoisotopic (exact) mass is 283 g/mol. The van der Waals surface area contributed by atoms with Crippen molar-refractivity contribution in [2.75, 3.05) is 0 Å².